The fraction of sp³-hybridized carbons (Fsp3) is 0.429. The van der Waals surface area contributed by atoms with Gasteiger partial charge < -0.3 is 15.8 Å². The van der Waals surface area contributed by atoms with E-state index in [4.69, 9.17) is 10.5 Å². The van der Waals surface area contributed by atoms with Crippen molar-refractivity contribution in [3.05, 3.63) is 24.5 Å². The minimum absolute atomic E-state index is 0.674. The second-order valence-corrected chi connectivity index (χ2v) is 4.39. The molecule has 0 bridgehead atoms. The van der Waals surface area contributed by atoms with E-state index in [1.807, 2.05) is 18.2 Å². The van der Waals surface area contributed by atoms with Crippen molar-refractivity contribution in [3.63, 3.8) is 0 Å². The minimum Gasteiger partial charge on any atom is -0.399 e. The molecular formula is C14H20N4O. The van der Waals surface area contributed by atoms with Crippen LogP contribution in [0.1, 0.15) is 19.8 Å². The van der Waals surface area contributed by atoms with Crippen molar-refractivity contribution in [2.45, 2.75) is 19.8 Å². The molecule has 3 N–H and O–H groups in total. The first-order valence-corrected chi connectivity index (χ1v) is 6.63. The third-order valence-electron chi connectivity index (χ3n) is 2.84. The summed E-state index contributed by atoms with van der Waals surface area (Å²) >= 11 is 0. The van der Waals surface area contributed by atoms with Gasteiger partial charge >= 0.3 is 0 Å². The van der Waals surface area contributed by atoms with Crippen LogP contribution in [0.25, 0.3) is 10.9 Å². The van der Waals surface area contributed by atoms with Gasteiger partial charge in [-0.05, 0) is 24.6 Å². The maximum absolute atomic E-state index is 5.79. The Bertz CT molecular complexity index is 530. The lowest BCUT2D eigenvalue weighted by molar-refractivity contribution is 0.141. The summed E-state index contributed by atoms with van der Waals surface area (Å²) in [6.45, 7) is 4.37. The Labute approximate surface area is 113 Å². The van der Waals surface area contributed by atoms with Crippen molar-refractivity contribution in [2.75, 3.05) is 30.8 Å². The molecule has 5 heteroatoms. The normalized spacial score (nSPS) is 10.8. The number of nitrogens with zero attached hydrogens (tertiary/aromatic N) is 2. The van der Waals surface area contributed by atoms with Gasteiger partial charge in [0.05, 0.1) is 12.1 Å². The van der Waals surface area contributed by atoms with Gasteiger partial charge in [-0.3, -0.25) is 0 Å². The van der Waals surface area contributed by atoms with Crippen LogP contribution in [-0.4, -0.2) is 29.7 Å². The molecule has 1 aromatic carbocycles. The molecule has 102 valence electrons. The van der Waals surface area contributed by atoms with E-state index in [-0.39, 0.29) is 0 Å². The third kappa shape index (κ3) is 3.79. The number of hydrogen-bond acceptors (Lipinski definition) is 5. The van der Waals surface area contributed by atoms with Gasteiger partial charge in [-0.15, -0.1) is 0 Å². The average molecular weight is 260 g/mol. The lowest BCUT2D eigenvalue weighted by Gasteiger charge is -2.09. The quantitative estimate of drug-likeness (QED) is 0.591. The number of benzene rings is 1. The first-order chi connectivity index (χ1) is 9.31. The zero-order valence-corrected chi connectivity index (χ0v) is 11.2. The summed E-state index contributed by atoms with van der Waals surface area (Å²) in [6.07, 6.45) is 3.81. The highest BCUT2D eigenvalue weighted by Crippen LogP contribution is 2.21. The van der Waals surface area contributed by atoms with Gasteiger partial charge in [-0.1, -0.05) is 13.3 Å². The van der Waals surface area contributed by atoms with Crippen LogP contribution in [0, 0.1) is 0 Å². The van der Waals surface area contributed by atoms with Gasteiger partial charge in [0, 0.05) is 24.2 Å². The SMILES string of the molecule is CCCCOCCNc1ncnc2ccc(N)cc12. The second kappa shape index (κ2) is 6.89. The van der Waals surface area contributed by atoms with Crippen molar-refractivity contribution in [1.29, 1.82) is 0 Å². The van der Waals surface area contributed by atoms with Crippen molar-refractivity contribution >= 4 is 22.4 Å². The summed E-state index contributed by atoms with van der Waals surface area (Å²) < 4.78 is 5.50. The summed E-state index contributed by atoms with van der Waals surface area (Å²) in [5.41, 5.74) is 7.39. The maximum atomic E-state index is 5.79. The Morgan fingerprint density at radius 3 is 3.00 bits per heavy atom. The molecule has 2 aromatic rings. The number of hydrogen-bond donors (Lipinski definition) is 2. The van der Waals surface area contributed by atoms with Crippen molar-refractivity contribution in [1.82, 2.24) is 9.97 Å². The Balaban J connectivity index is 1.95. The molecule has 1 heterocycles. The van der Waals surface area contributed by atoms with E-state index < -0.39 is 0 Å². The highest BCUT2D eigenvalue weighted by Gasteiger charge is 2.03. The summed E-state index contributed by atoms with van der Waals surface area (Å²) in [7, 11) is 0. The highest BCUT2D eigenvalue weighted by molar-refractivity contribution is 5.91. The van der Waals surface area contributed by atoms with E-state index in [0.29, 0.717) is 12.3 Å². The molecule has 2 rings (SSSR count). The number of rotatable bonds is 7. The molecule has 0 amide bonds. The zero-order chi connectivity index (χ0) is 13.5. The third-order valence-corrected chi connectivity index (χ3v) is 2.84. The zero-order valence-electron chi connectivity index (χ0n) is 11.2. The molecule has 0 aliphatic rings. The molecule has 0 unspecified atom stereocenters. The van der Waals surface area contributed by atoms with Crippen LogP contribution < -0.4 is 11.1 Å². The Kier molecular flexibility index (Phi) is 4.92. The van der Waals surface area contributed by atoms with E-state index in [9.17, 15) is 0 Å². The van der Waals surface area contributed by atoms with Gasteiger partial charge in [-0.2, -0.15) is 0 Å². The van der Waals surface area contributed by atoms with E-state index >= 15 is 0 Å². The Morgan fingerprint density at radius 1 is 1.26 bits per heavy atom. The molecule has 1 aromatic heterocycles. The summed E-state index contributed by atoms with van der Waals surface area (Å²) in [5, 5.41) is 4.20. The van der Waals surface area contributed by atoms with Crippen molar-refractivity contribution < 1.29 is 4.74 Å². The number of ether oxygens (including phenoxy) is 1. The number of nitrogens with two attached hydrogens (primary N) is 1. The lowest BCUT2D eigenvalue weighted by atomic mass is 10.2. The predicted molar refractivity (Wildman–Crippen MR) is 78.2 cm³/mol. The second-order valence-electron chi connectivity index (χ2n) is 4.39. The maximum Gasteiger partial charge on any atom is 0.137 e. The number of nitrogen functional groups attached to an aromatic ring is 1. The van der Waals surface area contributed by atoms with Crippen LogP contribution in [0.3, 0.4) is 0 Å². The van der Waals surface area contributed by atoms with Gasteiger partial charge in [0.25, 0.3) is 0 Å². The van der Waals surface area contributed by atoms with Gasteiger partial charge in [0.1, 0.15) is 12.1 Å². The molecule has 0 saturated carbocycles. The molecule has 0 saturated heterocycles. The fourth-order valence-corrected chi connectivity index (χ4v) is 1.81. The summed E-state index contributed by atoms with van der Waals surface area (Å²) in [6, 6.07) is 5.62. The predicted octanol–water partition coefficient (Wildman–Crippen LogP) is 2.44. The van der Waals surface area contributed by atoms with Crippen LogP contribution in [0.2, 0.25) is 0 Å². The molecule has 0 spiro atoms. The van der Waals surface area contributed by atoms with Crippen molar-refractivity contribution in [3.8, 4) is 0 Å². The Hall–Kier alpha value is -1.88. The van der Waals surface area contributed by atoms with Crippen LogP contribution in [0.15, 0.2) is 24.5 Å². The van der Waals surface area contributed by atoms with Gasteiger partial charge in [0.2, 0.25) is 0 Å². The molecular weight excluding hydrogens is 240 g/mol. The van der Waals surface area contributed by atoms with Crippen LogP contribution in [0.5, 0.6) is 0 Å². The number of aromatic nitrogens is 2. The Morgan fingerprint density at radius 2 is 2.16 bits per heavy atom. The molecule has 5 nitrogen and oxygen atoms in total. The number of nitrogens with one attached hydrogen (secondary N) is 1. The molecule has 19 heavy (non-hydrogen) atoms. The van der Waals surface area contributed by atoms with Crippen LogP contribution >= 0.6 is 0 Å². The van der Waals surface area contributed by atoms with Crippen LogP contribution in [-0.2, 0) is 4.74 Å². The molecule has 0 radical (unpaired) electrons. The topological polar surface area (TPSA) is 73.1 Å². The van der Waals surface area contributed by atoms with Crippen LogP contribution in [0.4, 0.5) is 11.5 Å². The highest BCUT2D eigenvalue weighted by atomic mass is 16.5. The van der Waals surface area contributed by atoms with Gasteiger partial charge in [-0.25, -0.2) is 9.97 Å². The number of unbranched alkanes of at least 4 members (excludes halogenated alkanes) is 1. The monoisotopic (exact) mass is 260 g/mol. The summed E-state index contributed by atoms with van der Waals surface area (Å²) in [4.78, 5) is 8.46. The van der Waals surface area contributed by atoms with Crippen molar-refractivity contribution in [2.24, 2.45) is 0 Å². The molecule has 0 aliphatic heterocycles. The molecule has 0 fully saturated rings. The molecule has 0 aliphatic carbocycles. The number of fused-ring (bicyclic) bond motifs is 1. The summed E-state index contributed by atoms with van der Waals surface area (Å²) in [5.74, 6) is 0.802. The lowest BCUT2D eigenvalue weighted by Crippen LogP contribution is -2.11. The standard InChI is InChI=1S/C14H20N4O/c1-2-3-7-19-8-6-16-14-12-9-11(15)4-5-13(12)17-10-18-14/h4-5,9-10H,2-3,6-8,15H2,1H3,(H,16,17,18). The van der Waals surface area contributed by atoms with Gasteiger partial charge in [0.15, 0.2) is 0 Å². The first kappa shape index (κ1) is 13.5. The van der Waals surface area contributed by atoms with E-state index in [1.165, 1.54) is 0 Å². The largest absolute Gasteiger partial charge is 0.399 e. The average Bonchev–Trinajstić information content (AvgIpc) is 2.43. The first-order valence-electron chi connectivity index (χ1n) is 6.63. The number of anilines is 2. The smallest absolute Gasteiger partial charge is 0.137 e. The molecule has 0 atom stereocenters. The minimum atomic E-state index is 0.674. The van der Waals surface area contributed by atoms with E-state index in [1.54, 1.807) is 6.33 Å². The van der Waals surface area contributed by atoms with E-state index in [2.05, 4.69) is 22.2 Å². The van der Waals surface area contributed by atoms with E-state index in [0.717, 1.165) is 42.7 Å². The fourth-order valence-electron chi connectivity index (χ4n) is 1.81.